The predicted molar refractivity (Wildman–Crippen MR) is 117 cm³/mol. The van der Waals surface area contributed by atoms with Crippen molar-refractivity contribution in [2.45, 2.75) is 39.5 Å². The molecule has 0 spiro atoms. The van der Waals surface area contributed by atoms with Gasteiger partial charge in [0, 0.05) is 37.0 Å². The monoisotopic (exact) mass is 430 g/mol. The first kappa shape index (κ1) is 20.3. The molecule has 2 amide bonds. The fraction of sp³-hybridized carbons (Fsp3) is 0.524. The van der Waals surface area contributed by atoms with Gasteiger partial charge in [-0.15, -0.1) is 23.1 Å². The second-order valence-electron chi connectivity index (χ2n) is 7.71. The summed E-state index contributed by atoms with van der Waals surface area (Å²) in [7, 11) is 0. The zero-order valence-corrected chi connectivity index (χ0v) is 18.7. The Kier molecular flexibility index (Phi) is 5.92. The van der Waals surface area contributed by atoms with Crippen molar-refractivity contribution in [2.75, 3.05) is 31.3 Å². The number of carbonyl (C=O) groups excluding carboxylic acids is 2. The van der Waals surface area contributed by atoms with Crippen molar-refractivity contribution < 1.29 is 9.59 Å². The van der Waals surface area contributed by atoms with Crippen molar-refractivity contribution in [3.63, 3.8) is 0 Å². The molecule has 0 atom stereocenters. The van der Waals surface area contributed by atoms with E-state index in [1.807, 2.05) is 42.7 Å². The maximum absolute atomic E-state index is 13.0. The minimum absolute atomic E-state index is 0.0779. The fourth-order valence-corrected chi connectivity index (χ4v) is 5.88. The van der Waals surface area contributed by atoms with E-state index in [0.29, 0.717) is 13.1 Å². The fourth-order valence-electron chi connectivity index (χ4n) is 4.04. The molecule has 0 aromatic carbocycles. The molecule has 0 radical (unpaired) electrons. The summed E-state index contributed by atoms with van der Waals surface area (Å²) in [6, 6.07) is 3.86. The summed E-state index contributed by atoms with van der Waals surface area (Å²) in [5, 5.41) is 0.924. The van der Waals surface area contributed by atoms with Crippen LogP contribution < -0.4 is 0 Å². The molecular formula is C21H26N4O2S2. The molecule has 2 aromatic heterocycles. The van der Waals surface area contributed by atoms with Crippen LogP contribution in [-0.4, -0.2) is 62.8 Å². The highest BCUT2D eigenvalue weighted by atomic mass is 32.2. The molecule has 2 aliphatic rings. The molecule has 2 aromatic rings. The molecule has 29 heavy (non-hydrogen) atoms. The summed E-state index contributed by atoms with van der Waals surface area (Å²) >= 11 is 3.26. The molecule has 2 aliphatic heterocycles. The van der Waals surface area contributed by atoms with Crippen LogP contribution in [0.15, 0.2) is 12.1 Å². The number of hydrogen-bond acceptors (Lipinski definition) is 6. The lowest BCUT2D eigenvalue weighted by molar-refractivity contribution is 0.0711. The number of piperidine rings is 1. The van der Waals surface area contributed by atoms with Crippen molar-refractivity contribution in [2.24, 2.45) is 0 Å². The molecule has 154 valence electrons. The second-order valence-corrected chi connectivity index (χ2v) is 9.98. The Bertz CT molecular complexity index is 929. The largest absolute Gasteiger partial charge is 0.338 e. The average Bonchev–Trinajstić information content (AvgIpc) is 3.36. The molecule has 0 N–H and O–H groups in total. The third-order valence-electron chi connectivity index (χ3n) is 5.60. The summed E-state index contributed by atoms with van der Waals surface area (Å²) in [6.45, 7) is 7.97. The first-order valence-corrected chi connectivity index (χ1v) is 12.0. The maximum atomic E-state index is 13.0. The topological polar surface area (TPSA) is 66.4 Å². The first-order valence-electron chi connectivity index (χ1n) is 10.0. The van der Waals surface area contributed by atoms with E-state index >= 15 is 0 Å². The Hall–Kier alpha value is -1.93. The van der Waals surface area contributed by atoms with Gasteiger partial charge in [-0.1, -0.05) is 0 Å². The van der Waals surface area contributed by atoms with Crippen LogP contribution in [0.2, 0.25) is 0 Å². The van der Waals surface area contributed by atoms with Gasteiger partial charge in [0.2, 0.25) is 0 Å². The van der Waals surface area contributed by atoms with Gasteiger partial charge in [0.15, 0.2) is 0 Å². The van der Waals surface area contributed by atoms with Crippen LogP contribution in [0.4, 0.5) is 0 Å². The quantitative estimate of drug-likeness (QED) is 0.744. The Balaban J connectivity index is 1.49. The number of aryl methyl sites for hydroxylation is 3. The van der Waals surface area contributed by atoms with Crippen LogP contribution in [-0.2, 0) is 0 Å². The van der Waals surface area contributed by atoms with E-state index in [-0.39, 0.29) is 17.7 Å². The Labute approximate surface area is 179 Å². The molecule has 2 saturated heterocycles. The smallest absolute Gasteiger partial charge is 0.265 e. The third-order valence-corrected chi connectivity index (χ3v) is 7.63. The van der Waals surface area contributed by atoms with Crippen molar-refractivity contribution in [1.29, 1.82) is 0 Å². The number of pyridine rings is 1. The van der Waals surface area contributed by atoms with Gasteiger partial charge in [-0.3, -0.25) is 14.6 Å². The molecule has 0 aliphatic carbocycles. The van der Waals surface area contributed by atoms with E-state index < -0.39 is 0 Å². The molecule has 4 rings (SSSR count). The molecule has 0 bridgehead atoms. The summed E-state index contributed by atoms with van der Waals surface area (Å²) in [5.41, 5.74) is 3.39. The average molecular weight is 431 g/mol. The van der Waals surface area contributed by atoms with Crippen molar-refractivity contribution >= 4 is 34.9 Å². The first-order chi connectivity index (χ1) is 13.9. The molecule has 0 unspecified atom stereocenters. The normalized spacial score (nSPS) is 17.8. The standard InChI is InChI=1S/C21H26N4O2S2/c1-13-4-5-17(20(26)25-10-11-28-12-25)18(22-13)16-6-8-24(9-7-16)21(27)19-14(2)23-15(3)29-19/h4-5,16H,6-12H2,1-3H3. The van der Waals surface area contributed by atoms with Gasteiger partial charge >= 0.3 is 0 Å². The minimum Gasteiger partial charge on any atom is -0.338 e. The van der Waals surface area contributed by atoms with E-state index in [1.165, 1.54) is 11.3 Å². The van der Waals surface area contributed by atoms with Gasteiger partial charge in [0.25, 0.3) is 11.8 Å². The van der Waals surface area contributed by atoms with Crippen LogP contribution >= 0.6 is 23.1 Å². The van der Waals surface area contributed by atoms with Crippen LogP contribution in [0.3, 0.4) is 0 Å². The van der Waals surface area contributed by atoms with E-state index in [1.54, 1.807) is 11.8 Å². The molecule has 2 fully saturated rings. The Morgan fingerprint density at radius 2 is 1.76 bits per heavy atom. The van der Waals surface area contributed by atoms with Crippen LogP contribution in [0.5, 0.6) is 0 Å². The van der Waals surface area contributed by atoms with Gasteiger partial charge in [-0.25, -0.2) is 4.98 Å². The lowest BCUT2D eigenvalue weighted by Gasteiger charge is -2.32. The van der Waals surface area contributed by atoms with E-state index in [0.717, 1.165) is 63.5 Å². The van der Waals surface area contributed by atoms with Gasteiger partial charge in [-0.05, 0) is 45.7 Å². The van der Waals surface area contributed by atoms with Gasteiger partial charge in [0.1, 0.15) is 4.88 Å². The van der Waals surface area contributed by atoms with E-state index in [9.17, 15) is 9.59 Å². The van der Waals surface area contributed by atoms with Crippen LogP contribution in [0, 0.1) is 20.8 Å². The lowest BCUT2D eigenvalue weighted by atomic mass is 9.89. The van der Waals surface area contributed by atoms with Crippen molar-refractivity contribution in [1.82, 2.24) is 19.8 Å². The summed E-state index contributed by atoms with van der Waals surface area (Å²) in [5.74, 6) is 2.13. The zero-order chi connectivity index (χ0) is 20.5. The highest BCUT2D eigenvalue weighted by Crippen LogP contribution is 2.32. The Morgan fingerprint density at radius 1 is 1.00 bits per heavy atom. The number of rotatable bonds is 3. The van der Waals surface area contributed by atoms with Gasteiger partial charge < -0.3 is 9.80 Å². The third kappa shape index (κ3) is 4.19. The van der Waals surface area contributed by atoms with Crippen molar-refractivity contribution in [3.8, 4) is 0 Å². The number of aromatic nitrogens is 2. The van der Waals surface area contributed by atoms with Gasteiger partial charge in [0.05, 0.1) is 27.8 Å². The zero-order valence-electron chi connectivity index (χ0n) is 17.1. The molecule has 0 saturated carbocycles. The molecule has 4 heterocycles. The predicted octanol–water partition coefficient (Wildman–Crippen LogP) is 3.63. The molecule has 6 nitrogen and oxygen atoms in total. The molecular weight excluding hydrogens is 404 g/mol. The number of nitrogens with zero attached hydrogens (tertiary/aromatic N) is 4. The summed E-state index contributed by atoms with van der Waals surface area (Å²) in [6.07, 6.45) is 1.65. The van der Waals surface area contributed by atoms with E-state index in [4.69, 9.17) is 4.98 Å². The number of carbonyl (C=O) groups is 2. The number of thioether (sulfide) groups is 1. The number of likely N-dealkylation sites (tertiary alicyclic amines) is 1. The maximum Gasteiger partial charge on any atom is 0.265 e. The van der Waals surface area contributed by atoms with Crippen LogP contribution in [0.1, 0.15) is 60.9 Å². The van der Waals surface area contributed by atoms with E-state index in [2.05, 4.69) is 4.98 Å². The van der Waals surface area contributed by atoms with Crippen molar-refractivity contribution in [3.05, 3.63) is 44.7 Å². The van der Waals surface area contributed by atoms with Gasteiger partial charge in [-0.2, -0.15) is 0 Å². The lowest BCUT2D eigenvalue weighted by Crippen LogP contribution is -2.38. The highest BCUT2D eigenvalue weighted by molar-refractivity contribution is 7.99. The number of hydrogen-bond donors (Lipinski definition) is 0. The summed E-state index contributed by atoms with van der Waals surface area (Å²) in [4.78, 5) is 39.7. The summed E-state index contributed by atoms with van der Waals surface area (Å²) < 4.78 is 0. The number of thiazole rings is 1. The Morgan fingerprint density at radius 3 is 2.38 bits per heavy atom. The SMILES string of the molecule is Cc1ccc(C(=O)N2CCSC2)c(C2CCN(C(=O)c3sc(C)nc3C)CC2)n1. The van der Waals surface area contributed by atoms with Crippen LogP contribution in [0.25, 0.3) is 0 Å². The highest BCUT2D eigenvalue weighted by Gasteiger charge is 2.31. The number of amides is 2. The minimum atomic E-state index is 0.0779. The second kappa shape index (κ2) is 8.44. The molecule has 8 heteroatoms.